The SMILES string of the molecule is CCCCC1(S(=O)(=O)c2ccccc2)OC1c1ccccc1. The average Bonchev–Trinajstić information content (AvgIpc) is 3.31. The molecule has 2 aromatic carbocycles. The second-order valence-electron chi connectivity index (χ2n) is 5.64. The fourth-order valence-corrected chi connectivity index (χ4v) is 4.83. The van der Waals surface area contributed by atoms with Crippen LogP contribution in [-0.4, -0.2) is 13.4 Å². The molecule has 0 spiro atoms. The van der Waals surface area contributed by atoms with Crippen LogP contribution in [0.5, 0.6) is 0 Å². The zero-order valence-corrected chi connectivity index (χ0v) is 13.4. The minimum Gasteiger partial charge on any atom is -0.343 e. The van der Waals surface area contributed by atoms with Gasteiger partial charge in [-0.15, -0.1) is 0 Å². The molecule has 0 saturated carbocycles. The molecule has 116 valence electrons. The fourth-order valence-electron chi connectivity index (χ4n) is 2.87. The molecule has 3 rings (SSSR count). The molecule has 2 aromatic rings. The van der Waals surface area contributed by atoms with Gasteiger partial charge < -0.3 is 4.74 Å². The zero-order valence-electron chi connectivity index (χ0n) is 12.6. The van der Waals surface area contributed by atoms with Crippen molar-refractivity contribution in [3.63, 3.8) is 0 Å². The highest BCUT2D eigenvalue weighted by molar-refractivity contribution is 7.93. The van der Waals surface area contributed by atoms with Crippen LogP contribution in [0.3, 0.4) is 0 Å². The summed E-state index contributed by atoms with van der Waals surface area (Å²) in [5, 5.41) is 0. The Balaban J connectivity index is 1.99. The zero-order chi connectivity index (χ0) is 15.6. The molecular weight excluding hydrogens is 296 g/mol. The van der Waals surface area contributed by atoms with E-state index < -0.39 is 14.8 Å². The molecule has 1 saturated heterocycles. The highest BCUT2D eigenvalue weighted by Gasteiger charge is 2.66. The minimum atomic E-state index is -3.52. The van der Waals surface area contributed by atoms with Gasteiger partial charge in [-0.25, -0.2) is 8.42 Å². The Kier molecular flexibility index (Phi) is 4.06. The van der Waals surface area contributed by atoms with Crippen LogP contribution in [0, 0.1) is 0 Å². The van der Waals surface area contributed by atoms with Gasteiger partial charge in [0.25, 0.3) is 0 Å². The molecule has 22 heavy (non-hydrogen) atoms. The van der Waals surface area contributed by atoms with Gasteiger partial charge in [0.15, 0.2) is 0 Å². The summed E-state index contributed by atoms with van der Waals surface area (Å²) in [6.07, 6.45) is 1.93. The van der Waals surface area contributed by atoms with Crippen LogP contribution in [0.1, 0.15) is 37.9 Å². The normalized spacial score (nSPS) is 24.1. The molecule has 0 radical (unpaired) electrons. The van der Waals surface area contributed by atoms with Crippen molar-refractivity contribution in [3.05, 3.63) is 66.2 Å². The lowest BCUT2D eigenvalue weighted by Crippen LogP contribution is -2.26. The fraction of sp³-hybridized carbons (Fsp3) is 0.333. The first kappa shape index (κ1) is 15.3. The molecule has 0 aliphatic carbocycles. The van der Waals surface area contributed by atoms with Crippen LogP contribution in [0.25, 0.3) is 0 Å². The summed E-state index contributed by atoms with van der Waals surface area (Å²) in [6, 6.07) is 18.2. The quantitative estimate of drug-likeness (QED) is 0.753. The summed E-state index contributed by atoms with van der Waals surface area (Å²) in [4.78, 5) is -0.768. The van der Waals surface area contributed by atoms with Gasteiger partial charge in [-0.05, 0) is 30.5 Å². The van der Waals surface area contributed by atoms with Crippen molar-refractivity contribution in [2.75, 3.05) is 0 Å². The number of benzene rings is 2. The van der Waals surface area contributed by atoms with Crippen LogP contribution < -0.4 is 0 Å². The molecule has 0 N–H and O–H groups in total. The predicted molar refractivity (Wildman–Crippen MR) is 86.2 cm³/mol. The maximum atomic E-state index is 13.1. The maximum Gasteiger partial charge on any atom is 0.211 e. The molecule has 1 heterocycles. The van der Waals surface area contributed by atoms with Crippen LogP contribution in [0.15, 0.2) is 65.6 Å². The molecule has 1 aliphatic heterocycles. The first-order valence-electron chi connectivity index (χ1n) is 7.64. The standard InChI is InChI=1S/C18H20O3S/c1-2-3-14-18(17(21-18)15-10-6-4-7-11-15)22(19,20)16-12-8-5-9-13-16/h4-13,17H,2-3,14H2,1H3. The summed E-state index contributed by atoms with van der Waals surface area (Å²) in [5.74, 6) is 0. The van der Waals surface area contributed by atoms with E-state index >= 15 is 0 Å². The molecule has 0 bridgehead atoms. The van der Waals surface area contributed by atoms with Crippen molar-refractivity contribution in [3.8, 4) is 0 Å². The Hall–Kier alpha value is -1.65. The van der Waals surface area contributed by atoms with E-state index in [2.05, 4.69) is 6.92 Å². The lowest BCUT2D eigenvalue weighted by atomic mass is 10.1. The first-order chi connectivity index (χ1) is 10.6. The Bertz CT molecular complexity index is 725. The van der Waals surface area contributed by atoms with Crippen molar-refractivity contribution in [1.29, 1.82) is 0 Å². The summed E-state index contributed by atoms with van der Waals surface area (Å²) in [7, 11) is -3.52. The van der Waals surface area contributed by atoms with E-state index in [1.54, 1.807) is 24.3 Å². The third kappa shape index (κ3) is 2.46. The topological polar surface area (TPSA) is 46.7 Å². The van der Waals surface area contributed by atoms with E-state index in [4.69, 9.17) is 4.74 Å². The van der Waals surface area contributed by atoms with Crippen LogP contribution in [0.4, 0.5) is 0 Å². The molecule has 3 nitrogen and oxygen atoms in total. The second-order valence-corrected chi connectivity index (χ2v) is 7.81. The molecule has 2 atom stereocenters. The van der Waals surface area contributed by atoms with E-state index in [1.165, 1.54) is 0 Å². The highest BCUT2D eigenvalue weighted by atomic mass is 32.2. The van der Waals surface area contributed by atoms with Gasteiger partial charge in [-0.1, -0.05) is 61.9 Å². The number of epoxide rings is 1. The van der Waals surface area contributed by atoms with Gasteiger partial charge >= 0.3 is 0 Å². The molecule has 0 amide bonds. The van der Waals surface area contributed by atoms with Gasteiger partial charge in [0, 0.05) is 0 Å². The van der Waals surface area contributed by atoms with Crippen molar-refractivity contribution in [1.82, 2.24) is 0 Å². The predicted octanol–water partition coefficient (Wildman–Crippen LogP) is 4.12. The van der Waals surface area contributed by atoms with Gasteiger partial charge in [0.2, 0.25) is 14.8 Å². The van der Waals surface area contributed by atoms with Crippen LogP contribution in [-0.2, 0) is 14.6 Å². The largest absolute Gasteiger partial charge is 0.343 e. The van der Waals surface area contributed by atoms with Gasteiger partial charge in [-0.2, -0.15) is 0 Å². The van der Waals surface area contributed by atoms with Gasteiger partial charge in [-0.3, -0.25) is 0 Å². The number of unbranched alkanes of at least 4 members (excludes halogenated alkanes) is 1. The molecule has 1 aliphatic rings. The molecule has 4 heteroatoms. The van der Waals surface area contributed by atoms with Crippen molar-refractivity contribution < 1.29 is 13.2 Å². The average molecular weight is 316 g/mol. The highest BCUT2D eigenvalue weighted by Crippen LogP contribution is 2.58. The van der Waals surface area contributed by atoms with Crippen LogP contribution in [0.2, 0.25) is 0 Å². The molecule has 0 aromatic heterocycles. The lowest BCUT2D eigenvalue weighted by molar-refractivity contribution is 0.331. The number of ether oxygens (including phenoxy) is 1. The third-order valence-corrected chi connectivity index (χ3v) is 6.47. The summed E-state index contributed by atoms with van der Waals surface area (Å²) >= 11 is 0. The molecular formula is C18H20O3S. The number of hydrogen-bond donors (Lipinski definition) is 0. The first-order valence-corrected chi connectivity index (χ1v) is 9.12. The van der Waals surface area contributed by atoms with Crippen molar-refractivity contribution in [2.45, 2.75) is 42.1 Å². The number of hydrogen-bond acceptors (Lipinski definition) is 3. The van der Waals surface area contributed by atoms with Gasteiger partial charge in [0.1, 0.15) is 6.10 Å². The maximum absolute atomic E-state index is 13.1. The smallest absolute Gasteiger partial charge is 0.211 e. The Morgan fingerprint density at radius 3 is 2.18 bits per heavy atom. The van der Waals surface area contributed by atoms with E-state index in [1.807, 2.05) is 36.4 Å². The second kappa shape index (κ2) is 5.86. The minimum absolute atomic E-state index is 0.338. The van der Waals surface area contributed by atoms with E-state index in [-0.39, 0.29) is 6.10 Å². The molecule has 1 fully saturated rings. The van der Waals surface area contributed by atoms with E-state index in [9.17, 15) is 8.42 Å². The third-order valence-electron chi connectivity index (χ3n) is 4.15. The van der Waals surface area contributed by atoms with Gasteiger partial charge in [0.05, 0.1) is 4.90 Å². The van der Waals surface area contributed by atoms with E-state index in [0.29, 0.717) is 11.3 Å². The molecule has 2 unspecified atom stereocenters. The summed E-state index contributed by atoms with van der Waals surface area (Å²) in [5.41, 5.74) is 0.929. The van der Waals surface area contributed by atoms with Crippen molar-refractivity contribution >= 4 is 9.84 Å². The Morgan fingerprint density at radius 1 is 1.00 bits per heavy atom. The Labute approximate surface area is 131 Å². The Morgan fingerprint density at radius 2 is 1.59 bits per heavy atom. The lowest BCUT2D eigenvalue weighted by Gasteiger charge is -2.14. The van der Waals surface area contributed by atoms with Crippen LogP contribution >= 0.6 is 0 Å². The number of rotatable bonds is 6. The number of sulfone groups is 1. The summed E-state index contributed by atoms with van der Waals surface area (Å²) in [6.45, 7) is 2.06. The monoisotopic (exact) mass is 316 g/mol. The summed E-state index contributed by atoms with van der Waals surface area (Å²) < 4.78 is 32.0. The van der Waals surface area contributed by atoms with Crippen molar-refractivity contribution in [2.24, 2.45) is 0 Å². The van der Waals surface area contributed by atoms with E-state index in [0.717, 1.165) is 18.4 Å².